The highest BCUT2D eigenvalue weighted by atomic mass is 35.5. The lowest BCUT2D eigenvalue weighted by molar-refractivity contribution is 0.0301. The average molecular weight is 272 g/mol. The first kappa shape index (κ1) is 13.8. The summed E-state index contributed by atoms with van der Waals surface area (Å²) in [6.45, 7) is 2.70. The highest BCUT2D eigenvalue weighted by Gasteiger charge is 2.30. The Morgan fingerprint density at radius 3 is 2.78 bits per heavy atom. The Morgan fingerprint density at radius 2 is 2.17 bits per heavy atom. The topological polar surface area (TPSA) is 41.3 Å². The van der Waals surface area contributed by atoms with Gasteiger partial charge in [-0.05, 0) is 26.3 Å². The SMILES string of the molecule is CN(CCn1cc(Cl)cn1)CCC1(O)CCCC1. The van der Waals surface area contributed by atoms with Crippen LogP contribution in [0.5, 0.6) is 0 Å². The van der Waals surface area contributed by atoms with Gasteiger partial charge < -0.3 is 10.0 Å². The molecule has 1 aliphatic carbocycles. The zero-order chi connectivity index (χ0) is 13.0. The summed E-state index contributed by atoms with van der Waals surface area (Å²) in [4.78, 5) is 2.24. The zero-order valence-electron chi connectivity index (χ0n) is 11.0. The van der Waals surface area contributed by atoms with Crippen LogP contribution in [-0.4, -0.2) is 45.5 Å². The van der Waals surface area contributed by atoms with Crippen molar-refractivity contribution < 1.29 is 5.11 Å². The molecule has 0 radical (unpaired) electrons. The van der Waals surface area contributed by atoms with Crippen LogP contribution in [0.1, 0.15) is 32.1 Å². The summed E-state index contributed by atoms with van der Waals surface area (Å²) in [6, 6.07) is 0. The first-order chi connectivity index (χ1) is 8.57. The van der Waals surface area contributed by atoms with E-state index in [2.05, 4.69) is 17.0 Å². The third-order valence-corrected chi connectivity index (χ3v) is 4.00. The van der Waals surface area contributed by atoms with Gasteiger partial charge in [0.25, 0.3) is 0 Å². The average Bonchev–Trinajstić information content (AvgIpc) is 2.94. The molecule has 102 valence electrons. The predicted molar refractivity (Wildman–Crippen MR) is 72.8 cm³/mol. The van der Waals surface area contributed by atoms with Crippen LogP contribution in [0.15, 0.2) is 12.4 Å². The molecule has 1 heterocycles. The van der Waals surface area contributed by atoms with E-state index in [0.717, 1.165) is 38.9 Å². The minimum Gasteiger partial charge on any atom is -0.390 e. The molecule has 4 nitrogen and oxygen atoms in total. The Hall–Kier alpha value is -0.580. The second-order valence-corrected chi connectivity index (χ2v) is 5.84. The number of halogens is 1. The summed E-state index contributed by atoms with van der Waals surface area (Å²) >= 11 is 5.81. The number of likely N-dealkylation sites (N-methyl/N-ethyl adjacent to an activating group) is 1. The number of hydrogen-bond donors (Lipinski definition) is 1. The molecule has 0 spiro atoms. The number of aliphatic hydroxyl groups is 1. The molecule has 0 aliphatic heterocycles. The van der Waals surface area contributed by atoms with E-state index in [4.69, 9.17) is 11.6 Å². The van der Waals surface area contributed by atoms with Gasteiger partial charge in [-0.1, -0.05) is 24.4 Å². The van der Waals surface area contributed by atoms with Crippen molar-refractivity contribution in [3.8, 4) is 0 Å². The van der Waals surface area contributed by atoms with Crippen molar-refractivity contribution in [2.45, 2.75) is 44.2 Å². The molecular weight excluding hydrogens is 250 g/mol. The van der Waals surface area contributed by atoms with Crippen molar-refractivity contribution in [2.75, 3.05) is 20.1 Å². The quantitative estimate of drug-likeness (QED) is 0.862. The highest BCUT2D eigenvalue weighted by molar-refractivity contribution is 6.30. The maximum absolute atomic E-state index is 10.3. The highest BCUT2D eigenvalue weighted by Crippen LogP contribution is 2.32. The van der Waals surface area contributed by atoms with E-state index in [0.29, 0.717) is 5.02 Å². The zero-order valence-corrected chi connectivity index (χ0v) is 11.7. The van der Waals surface area contributed by atoms with Crippen LogP contribution in [0.2, 0.25) is 5.02 Å². The molecule has 18 heavy (non-hydrogen) atoms. The van der Waals surface area contributed by atoms with E-state index in [1.165, 1.54) is 12.8 Å². The molecule has 1 aromatic rings. The Balaban J connectivity index is 1.67. The Morgan fingerprint density at radius 1 is 1.44 bits per heavy atom. The van der Waals surface area contributed by atoms with E-state index in [9.17, 15) is 5.11 Å². The fourth-order valence-electron chi connectivity index (χ4n) is 2.53. The van der Waals surface area contributed by atoms with Gasteiger partial charge in [0.1, 0.15) is 0 Å². The number of rotatable bonds is 6. The van der Waals surface area contributed by atoms with E-state index in [1.807, 2.05) is 10.9 Å². The minimum absolute atomic E-state index is 0.400. The van der Waals surface area contributed by atoms with Gasteiger partial charge in [0.15, 0.2) is 0 Å². The summed E-state index contributed by atoms with van der Waals surface area (Å²) in [7, 11) is 2.09. The Kier molecular flexibility index (Phi) is 4.65. The normalized spacial score (nSPS) is 18.7. The lowest BCUT2D eigenvalue weighted by Gasteiger charge is -2.25. The van der Waals surface area contributed by atoms with Crippen LogP contribution in [0, 0.1) is 0 Å². The molecular formula is C13H22ClN3O. The first-order valence-corrected chi connectivity index (χ1v) is 7.04. The predicted octanol–water partition coefficient (Wildman–Crippen LogP) is 2.16. The summed E-state index contributed by atoms with van der Waals surface area (Å²) in [5.74, 6) is 0. The third-order valence-electron chi connectivity index (χ3n) is 3.81. The van der Waals surface area contributed by atoms with Gasteiger partial charge in [-0.3, -0.25) is 4.68 Å². The lowest BCUT2D eigenvalue weighted by atomic mass is 9.98. The standard InChI is InChI=1S/C13H22ClN3O/c1-16(7-6-13(18)4-2-3-5-13)8-9-17-11-12(14)10-15-17/h10-11,18H,2-9H2,1H3. The monoisotopic (exact) mass is 271 g/mol. The van der Waals surface area contributed by atoms with Crippen LogP contribution in [0.25, 0.3) is 0 Å². The van der Waals surface area contributed by atoms with E-state index < -0.39 is 5.60 Å². The second-order valence-electron chi connectivity index (χ2n) is 5.41. The van der Waals surface area contributed by atoms with Gasteiger partial charge in [0, 0.05) is 19.3 Å². The minimum atomic E-state index is -0.400. The number of nitrogens with zero attached hydrogens (tertiary/aromatic N) is 3. The fourth-order valence-corrected chi connectivity index (χ4v) is 2.68. The molecule has 0 bridgehead atoms. The summed E-state index contributed by atoms with van der Waals surface area (Å²) in [6.07, 6.45) is 8.65. The molecule has 0 aromatic carbocycles. The molecule has 1 aromatic heterocycles. The molecule has 1 saturated carbocycles. The lowest BCUT2D eigenvalue weighted by Crippen LogP contribution is -2.32. The third kappa shape index (κ3) is 3.97. The van der Waals surface area contributed by atoms with E-state index in [-0.39, 0.29) is 0 Å². The van der Waals surface area contributed by atoms with E-state index in [1.54, 1.807) is 6.20 Å². The van der Waals surface area contributed by atoms with Crippen molar-refractivity contribution >= 4 is 11.6 Å². The van der Waals surface area contributed by atoms with Crippen molar-refractivity contribution in [1.29, 1.82) is 0 Å². The van der Waals surface area contributed by atoms with Crippen LogP contribution < -0.4 is 0 Å². The molecule has 5 heteroatoms. The molecule has 0 amide bonds. The molecule has 2 rings (SSSR count). The molecule has 0 atom stereocenters. The maximum Gasteiger partial charge on any atom is 0.0785 e. The van der Waals surface area contributed by atoms with Crippen molar-refractivity contribution in [2.24, 2.45) is 0 Å². The summed E-state index contributed by atoms with van der Waals surface area (Å²) in [5, 5.41) is 15.1. The van der Waals surface area contributed by atoms with Gasteiger partial charge in [-0.2, -0.15) is 5.10 Å². The smallest absolute Gasteiger partial charge is 0.0785 e. The van der Waals surface area contributed by atoms with Crippen molar-refractivity contribution in [3.05, 3.63) is 17.4 Å². The summed E-state index contributed by atoms with van der Waals surface area (Å²) in [5.41, 5.74) is -0.400. The van der Waals surface area contributed by atoms with Crippen LogP contribution in [0.3, 0.4) is 0 Å². The van der Waals surface area contributed by atoms with Crippen molar-refractivity contribution in [1.82, 2.24) is 14.7 Å². The van der Waals surface area contributed by atoms with Crippen LogP contribution in [0.4, 0.5) is 0 Å². The fraction of sp³-hybridized carbons (Fsp3) is 0.769. The van der Waals surface area contributed by atoms with Gasteiger partial charge in [0.2, 0.25) is 0 Å². The molecule has 0 saturated heterocycles. The van der Waals surface area contributed by atoms with E-state index >= 15 is 0 Å². The van der Waals surface area contributed by atoms with Gasteiger partial charge in [-0.15, -0.1) is 0 Å². The molecule has 0 unspecified atom stereocenters. The number of aromatic nitrogens is 2. The van der Waals surface area contributed by atoms with Crippen molar-refractivity contribution in [3.63, 3.8) is 0 Å². The Bertz CT molecular complexity index is 374. The first-order valence-electron chi connectivity index (χ1n) is 6.66. The molecule has 1 N–H and O–H groups in total. The Labute approximate surface area is 114 Å². The maximum atomic E-state index is 10.3. The molecule has 1 fully saturated rings. The number of hydrogen-bond acceptors (Lipinski definition) is 3. The van der Waals surface area contributed by atoms with Gasteiger partial charge in [-0.25, -0.2) is 0 Å². The molecule has 1 aliphatic rings. The van der Waals surface area contributed by atoms with Crippen LogP contribution >= 0.6 is 11.6 Å². The van der Waals surface area contributed by atoms with Gasteiger partial charge >= 0.3 is 0 Å². The second kappa shape index (κ2) is 6.04. The summed E-state index contributed by atoms with van der Waals surface area (Å²) < 4.78 is 1.85. The largest absolute Gasteiger partial charge is 0.390 e. The van der Waals surface area contributed by atoms with Gasteiger partial charge in [0.05, 0.1) is 23.4 Å². The van der Waals surface area contributed by atoms with Crippen LogP contribution in [-0.2, 0) is 6.54 Å².